The van der Waals surface area contributed by atoms with Crippen molar-refractivity contribution in [3.8, 4) is 0 Å². The number of hydrogen-bond acceptors (Lipinski definition) is 5. The lowest BCUT2D eigenvalue weighted by atomic mass is 10.1. The Morgan fingerprint density at radius 3 is 3.23 bits per heavy atom. The summed E-state index contributed by atoms with van der Waals surface area (Å²) in [6.07, 6.45) is 3.36. The fourth-order valence-corrected chi connectivity index (χ4v) is 3.67. The molecule has 0 spiro atoms. The minimum atomic E-state index is -0.0932. The average Bonchev–Trinajstić information content (AvgIpc) is 2.91. The molecule has 0 bridgehead atoms. The van der Waals surface area contributed by atoms with E-state index in [2.05, 4.69) is 33.2 Å². The van der Waals surface area contributed by atoms with Crippen LogP contribution in [0.4, 0.5) is 0 Å². The first-order chi connectivity index (χ1) is 10.7. The van der Waals surface area contributed by atoms with Crippen molar-refractivity contribution < 1.29 is 4.74 Å². The number of nitrogens with one attached hydrogen (secondary N) is 1. The van der Waals surface area contributed by atoms with Crippen LogP contribution >= 0.6 is 11.3 Å². The van der Waals surface area contributed by atoms with Gasteiger partial charge in [0.1, 0.15) is 0 Å². The highest BCUT2D eigenvalue weighted by atomic mass is 32.1. The van der Waals surface area contributed by atoms with E-state index in [9.17, 15) is 4.79 Å². The third-order valence-corrected chi connectivity index (χ3v) is 5.02. The lowest BCUT2D eigenvalue weighted by molar-refractivity contribution is -0.0344. The number of nitrogens with zero attached hydrogens (tertiary/aromatic N) is 2. The van der Waals surface area contributed by atoms with Gasteiger partial charge in [-0.25, -0.2) is 4.98 Å². The molecular weight excluding hydrogens is 298 g/mol. The number of hydrogen-bond donors (Lipinski definition) is 1. The van der Waals surface area contributed by atoms with Crippen LogP contribution in [0.25, 0.3) is 0 Å². The Bertz CT molecular complexity index is 667. The zero-order valence-corrected chi connectivity index (χ0v) is 13.6. The molecule has 118 valence electrons. The highest BCUT2D eigenvalue weighted by molar-refractivity contribution is 7.10. The highest BCUT2D eigenvalue weighted by Crippen LogP contribution is 2.20. The first kappa shape index (κ1) is 15.4. The number of aromatic nitrogens is 2. The van der Waals surface area contributed by atoms with Gasteiger partial charge in [0.25, 0.3) is 5.56 Å². The Kier molecular flexibility index (Phi) is 5.02. The van der Waals surface area contributed by atoms with E-state index >= 15 is 0 Å². The van der Waals surface area contributed by atoms with Crippen molar-refractivity contribution in [3.05, 3.63) is 50.3 Å². The van der Waals surface area contributed by atoms with Crippen LogP contribution < -0.4 is 5.56 Å². The Hall–Kier alpha value is -1.50. The third kappa shape index (κ3) is 4.03. The zero-order chi connectivity index (χ0) is 15.4. The third-order valence-electron chi connectivity index (χ3n) is 4.02. The molecule has 1 atom stereocenters. The lowest BCUT2D eigenvalue weighted by Gasteiger charge is -2.32. The van der Waals surface area contributed by atoms with Gasteiger partial charge in [-0.3, -0.25) is 9.69 Å². The van der Waals surface area contributed by atoms with Gasteiger partial charge >= 0.3 is 0 Å². The first-order valence-electron chi connectivity index (χ1n) is 7.61. The molecule has 22 heavy (non-hydrogen) atoms. The highest BCUT2D eigenvalue weighted by Gasteiger charge is 2.21. The van der Waals surface area contributed by atoms with E-state index in [1.165, 1.54) is 16.8 Å². The number of thiophene rings is 1. The first-order valence-corrected chi connectivity index (χ1v) is 8.49. The van der Waals surface area contributed by atoms with E-state index in [0.29, 0.717) is 0 Å². The molecule has 5 nitrogen and oxygen atoms in total. The van der Waals surface area contributed by atoms with Gasteiger partial charge in [0, 0.05) is 36.3 Å². The van der Waals surface area contributed by atoms with Gasteiger partial charge in [0.05, 0.1) is 19.0 Å². The van der Waals surface area contributed by atoms with Crippen molar-refractivity contribution in [1.29, 1.82) is 0 Å². The Morgan fingerprint density at radius 1 is 1.55 bits per heavy atom. The number of aryl methyl sites for hydroxylation is 2. The number of aromatic amines is 1. The van der Waals surface area contributed by atoms with Gasteiger partial charge in [0.15, 0.2) is 0 Å². The van der Waals surface area contributed by atoms with Crippen LogP contribution in [0.5, 0.6) is 0 Å². The molecule has 0 aliphatic carbocycles. The molecule has 0 saturated carbocycles. The SMILES string of the molecule is Cc1ccsc1CN1CCO[C@H](CCc2cc(=O)[nH]cn2)C1. The summed E-state index contributed by atoms with van der Waals surface area (Å²) >= 11 is 1.83. The van der Waals surface area contributed by atoms with Crippen LogP contribution in [0.15, 0.2) is 28.6 Å². The molecule has 1 fully saturated rings. The molecule has 3 heterocycles. The summed E-state index contributed by atoms with van der Waals surface area (Å²) in [5.74, 6) is 0. The molecule has 2 aromatic rings. The van der Waals surface area contributed by atoms with Crippen molar-refractivity contribution in [2.24, 2.45) is 0 Å². The second kappa shape index (κ2) is 7.17. The Labute approximate surface area is 134 Å². The molecular formula is C16H21N3O2S. The maximum Gasteiger partial charge on any atom is 0.250 e. The van der Waals surface area contributed by atoms with Crippen molar-refractivity contribution in [1.82, 2.24) is 14.9 Å². The van der Waals surface area contributed by atoms with Crippen LogP contribution in [-0.2, 0) is 17.7 Å². The van der Waals surface area contributed by atoms with E-state index in [0.717, 1.165) is 44.8 Å². The zero-order valence-electron chi connectivity index (χ0n) is 12.7. The summed E-state index contributed by atoms with van der Waals surface area (Å²) in [6.45, 7) is 5.88. The van der Waals surface area contributed by atoms with E-state index in [1.807, 2.05) is 11.3 Å². The largest absolute Gasteiger partial charge is 0.376 e. The van der Waals surface area contributed by atoms with Crippen LogP contribution in [-0.4, -0.2) is 40.7 Å². The molecule has 2 aromatic heterocycles. The monoisotopic (exact) mass is 319 g/mol. The number of ether oxygens (including phenoxy) is 1. The maximum atomic E-state index is 11.3. The van der Waals surface area contributed by atoms with Crippen molar-refractivity contribution >= 4 is 11.3 Å². The summed E-state index contributed by atoms with van der Waals surface area (Å²) < 4.78 is 5.86. The van der Waals surface area contributed by atoms with E-state index in [1.54, 1.807) is 6.07 Å². The van der Waals surface area contributed by atoms with E-state index in [4.69, 9.17) is 4.74 Å². The summed E-state index contributed by atoms with van der Waals surface area (Å²) in [5.41, 5.74) is 2.11. The fraction of sp³-hybridized carbons (Fsp3) is 0.500. The molecule has 3 rings (SSSR count). The van der Waals surface area contributed by atoms with Crippen LogP contribution in [0, 0.1) is 6.92 Å². The fourth-order valence-electron chi connectivity index (χ4n) is 2.72. The quantitative estimate of drug-likeness (QED) is 0.915. The van der Waals surface area contributed by atoms with Gasteiger partial charge in [-0.2, -0.15) is 0 Å². The second-order valence-corrected chi connectivity index (χ2v) is 6.70. The van der Waals surface area contributed by atoms with Crippen molar-refractivity contribution in [2.45, 2.75) is 32.4 Å². The topological polar surface area (TPSA) is 58.2 Å². The van der Waals surface area contributed by atoms with E-state index < -0.39 is 0 Å². The summed E-state index contributed by atoms with van der Waals surface area (Å²) in [6, 6.07) is 3.74. The summed E-state index contributed by atoms with van der Waals surface area (Å²) in [4.78, 5) is 21.9. The van der Waals surface area contributed by atoms with Gasteiger partial charge in [-0.05, 0) is 36.8 Å². The predicted molar refractivity (Wildman–Crippen MR) is 87.3 cm³/mol. The van der Waals surface area contributed by atoms with Gasteiger partial charge < -0.3 is 9.72 Å². The minimum absolute atomic E-state index is 0.0932. The number of rotatable bonds is 5. The molecule has 1 saturated heterocycles. The number of H-pyrrole nitrogens is 1. The van der Waals surface area contributed by atoms with Crippen LogP contribution in [0.3, 0.4) is 0 Å². The van der Waals surface area contributed by atoms with E-state index in [-0.39, 0.29) is 11.7 Å². The lowest BCUT2D eigenvalue weighted by Crippen LogP contribution is -2.42. The molecule has 1 aliphatic heterocycles. The van der Waals surface area contributed by atoms with Gasteiger partial charge in [0.2, 0.25) is 0 Å². The minimum Gasteiger partial charge on any atom is -0.376 e. The molecule has 1 aliphatic rings. The Morgan fingerprint density at radius 2 is 2.45 bits per heavy atom. The Balaban J connectivity index is 1.52. The maximum absolute atomic E-state index is 11.3. The van der Waals surface area contributed by atoms with Crippen molar-refractivity contribution in [2.75, 3.05) is 19.7 Å². The predicted octanol–water partition coefficient (Wildman–Crippen LogP) is 1.97. The van der Waals surface area contributed by atoms with Gasteiger partial charge in [-0.1, -0.05) is 0 Å². The molecule has 0 amide bonds. The molecule has 0 unspecified atom stereocenters. The van der Waals surface area contributed by atoms with Crippen molar-refractivity contribution in [3.63, 3.8) is 0 Å². The average molecular weight is 319 g/mol. The summed E-state index contributed by atoms with van der Waals surface area (Å²) in [7, 11) is 0. The summed E-state index contributed by atoms with van der Waals surface area (Å²) in [5, 5.41) is 2.15. The molecule has 0 radical (unpaired) electrons. The molecule has 6 heteroatoms. The normalized spacial score (nSPS) is 19.4. The van der Waals surface area contributed by atoms with Crippen LogP contribution in [0.1, 0.15) is 22.6 Å². The smallest absolute Gasteiger partial charge is 0.250 e. The number of morpholine rings is 1. The molecule has 1 N–H and O–H groups in total. The van der Waals surface area contributed by atoms with Crippen LogP contribution in [0.2, 0.25) is 0 Å². The second-order valence-electron chi connectivity index (χ2n) is 5.70. The van der Waals surface area contributed by atoms with Gasteiger partial charge in [-0.15, -0.1) is 11.3 Å². The standard InChI is InChI=1S/C16H21N3O2S/c1-12-4-7-22-15(12)10-19-5-6-21-14(9-19)3-2-13-8-16(20)18-11-17-13/h4,7-8,11,14H,2-3,5-6,9-10H2,1H3,(H,17,18,20)/t14-/m1/s1. The molecule has 0 aromatic carbocycles.